The summed E-state index contributed by atoms with van der Waals surface area (Å²) < 4.78 is 9.86. The van der Waals surface area contributed by atoms with E-state index in [4.69, 9.17) is 21.1 Å². The van der Waals surface area contributed by atoms with E-state index in [0.717, 1.165) is 0 Å². The molecule has 0 saturated heterocycles. The zero-order chi connectivity index (χ0) is 12.8. The first-order valence-electron chi connectivity index (χ1n) is 5.26. The maximum atomic E-state index is 11.3. The fraction of sp³-hybridized carbons (Fsp3) is 0.417. The van der Waals surface area contributed by atoms with Crippen molar-refractivity contribution in [3.8, 4) is 5.75 Å². The van der Waals surface area contributed by atoms with E-state index >= 15 is 0 Å². The van der Waals surface area contributed by atoms with E-state index in [1.807, 2.05) is 0 Å². The van der Waals surface area contributed by atoms with Gasteiger partial charge in [0, 0.05) is 5.56 Å². The van der Waals surface area contributed by atoms with Crippen LogP contribution in [0.3, 0.4) is 0 Å². The number of ether oxygens (including phenoxy) is 2. The van der Waals surface area contributed by atoms with Crippen LogP contribution in [0.1, 0.15) is 25.0 Å². The predicted octanol–water partition coefficient (Wildman–Crippen LogP) is 2.34. The van der Waals surface area contributed by atoms with Gasteiger partial charge in [0.25, 0.3) is 0 Å². The maximum Gasteiger partial charge on any atom is 0.308 e. The Morgan fingerprint density at radius 3 is 2.82 bits per heavy atom. The number of rotatable bonds is 5. The van der Waals surface area contributed by atoms with Crippen LogP contribution >= 0.6 is 11.6 Å². The van der Waals surface area contributed by atoms with Crippen LogP contribution in [0.5, 0.6) is 5.75 Å². The van der Waals surface area contributed by atoms with Gasteiger partial charge in [-0.1, -0.05) is 17.7 Å². The third-order valence-corrected chi connectivity index (χ3v) is 2.56. The Morgan fingerprint density at radius 1 is 1.53 bits per heavy atom. The number of carbonyl (C=O) groups excluding carboxylic acids is 1. The van der Waals surface area contributed by atoms with Crippen molar-refractivity contribution < 1.29 is 19.4 Å². The van der Waals surface area contributed by atoms with Crippen LogP contribution in [0.25, 0.3) is 0 Å². The lowest BCUT2D eigenvalue weighted by atomic mass is 10.1. The summed E-state index contributed by atoms with van der Waals surface area (Å²) in [6.45, 7) is 1.99. The Morgan fingerprint density at radius 2 is 2.24 bits per heavy atom. The molecule has 0 aliphatic carbocycles. The number of hydrogen-bond acceptors (Lipinski definition) is 4. The summed E-state index contributed by atoms with van der Waals surface area (Å²) in [6, 6.07) is 5.02. The highest BCUT2D eigenvalue weighted by Gasteiger charge is 2.20. The molecule has 0 radical (unpaired) electrons. The van der Waals surface area contributed by atoms with Crippen LogP contribution in [0.15, 0.2) is 18.2 Å². The summed E-state index contributed by atoms with van der Waals surface area (Å²) in [7, 11) is 1.48. The minimum Gasteiger partial charge on any atom is -0.496 e. The second-order valence-electron chi connectivity index (χ2n) is 3.38. The molecule has 0 amide bonds. The lowest BCUT2D eigenvalue weighted by Crippen LogP contribution is -2.11. The highest BCUT2D eigenvalue weighted by Crippen LogP contribution is 2.33. The summed E-state index contributed by atoms with van der Waals surface area (Å²) in [4.78, 5) is 11.3. The quantitative estimate of drug-likeness (QED) is 0.824. The fourth-order valence-corrected chi connectivity index (χ4v) is 1.79. The summed E-state index contributed by atoms with van der Waals surface area (Å²) in [5, 5.41) is 10.3. The van der Waals surface area contributed by atoms with Gasteiger partial charge in [-0.05, 0) is 19.1 Å². The molecule has 0 aliphatic heterocycles. The lowest BCUT2D eigenvalue weighted by molar-refractivity contribution is -0.145. The van der Waals surface area contributed by atoms with Gasteiger partial charge in [0.15, 0.2) is 0 Å². The van der Waals surface area contributed by atoms with Crippen molar-refractivity contribution in [3.63, 3.8) is 0 Å². The molecule has 94 valence electrons. The fourth-order valence-electron chi connectivity index (χ4n) is 1.50. The number of halogens is 1. The number of aliphatic hydroxyl groups excluding tert-OH is 1. The third-order valence-electron chi connectivity index (χ3n) is 2.23. The second-order valence-corrected chi connectivity index (χ2v) is 3.79. The molecule has 1 N–H and O–H groups in total. The monoisotopic (exact) mass is 258 g/mol. The molecule has 1 aromatic rings. The van der Waals surface area contributed by atoms with Crippen molar-refractivity contribution in [2.24, 2.45) is 0 Å². The van der Waals surface area contributed by atoms with E-state index < -0.39 is 12.1 Å². The standard InChI is InChI=1S/C12H15ClO4/c1-3-17-11(15)7-9(14)12-8(13)5-4-6-10(12)16-2/h4-6,9,14H,3,7H2,1-2H3. The van der Waals surface area contributed by atoms with Crippen LogP contribution in [0, 0.1) is 0 Å². The first kappa shape index (κ1) is 13.8. The van der Waals surface area contributed by atoms with Crippen LogP contribution in [0.4, 0.5) is 0 Å². The molecule has 0 aromatic heterocycles. The Balaban J connectivity index is 2.87. The zero-order valence-corrected chi connectivity index (χ0v) is 10.5. The second kappa shape index (κ2) is 6.47. The van der Waals surface area contributed by atoms with E-state index in [9.17, 15) is 9.90 Å². The van der Waals surface area contributed by atoms with Gasteiger partial charge in [0.05, 0.1) is 31.3 Å². The number of carbonyl (C=O) groups is 1. The molecular formula is C12H15ClO4. The highest BCUT2D eigenvalue weighted by molar-refractivity contribution is 6.31. The van der Waals surface area contributed by atoms with Gasteiger partial charge >= 0.3 is 5.97 Å². The number of esters is 1. The molecule has 1 atom stereocenters. The van der Waals surface area contributed by atoms with Crippen LogP contribution in [-0.4, -0.2) is 24.8 Å². The Labute approximate surface area is 105 Å². The minimum absolute atomic E-state index is 0.145. The van der Waals surface area contributed by atoms with E-state index in [1.54, 1.807) is 25.1 Å². The molecule has 0 bridgehead atoms. The molecule has 0 spiro atoms. The van der Waals surface area contributed by atoms with Gasteiger partial charge in [-0.25, -0.2) is 0 Å². The van der Waals surface area contributed by atoms with Crippen molar-refractivity contribution in [1.82, 2.24) is 0 Å². The van der Waals surface area contributed by atoms with E-state index in [-0.39, 0.29) is 13.0 Å². The van der Waals surface area contributed by atoms with Gasteiger partial charge < -0.3 is 14.6 Å². The topological polar surface area (TPSA) is 55.8 Å². The number of methoxy groups -OCH3 is 1. The van der Waals surface area contributed by atoms with Gasteiger partial charge in [-0.2, -0.15) is 0 Å². The largest absolute Gasteiger partial charge is 0.496 e. The van der Waals surface area contributed by atoms with E-state index in [0.29, 0.717) is 16.3 Å². The van der Waals surface area contributed by atoms with Gasteiger partial charge in [0.2, 0.25) is 0 Å². The van der Waals surface area contributed by atoms with Crippen molar-refractivity contribution in [3.05, 3.63) is 28.8 Å². The molecule has 5 heteroatoms. The number of aliphatic hydroxyl groups is 1. The highest BCUT2D eigenvalue weighted by atomic mass is 35.5. The smallest absolute Gasteiger partial charge is 0.308 e. The number of hydrogen-bond donors (Lipinski definition) is 1. The van der Waals surface area contributed by atoms with Crippen LogP contribution < -0.4 is 4.74 Å². The average Bonchev–Trinajstić information content (AvgIpc) is 2.28. The van der Waals surface area contributed by atoms with Gasteiger partial charge in [-0.15, -0.1) is 0 Å². The summed E-state index contributed by atoms with van der Waals surface area (Å²) in [5.41, 5.74) is 0.407. The average molecular weight is 259 g/mol. The first-order chi connectivity index (χ1) is 8.10. The lowest BCUT2D eigenvalue weighted by Gasteiger charge is -2.15. The van der Waals surface area contributed by atoms with Crippen LogP contribution in [-0.2, 0) is 9.53 Å². The normalized spacial score (nSPS) is 12.0. The molecule has 0 fully saturated rings. The summed E-state index contributed by atoms with van der Waals surface area (Å²) in [6.07, 6.45) is -1.17. The molecule has 0 heterocycles. The van der Waals surface area contributed by atoms with Crippen molar-refractivity contribution in [1.29, 1.82) is 0 Å². The predicted molar refractivity (Wildman–Crippen MR) is 64.2 cm³/mol. The van der Waals surface area contributed by atoms with Crippen molar-refractivity contribution >= 4 is 17.6 Å². The first-order valence-corrected chi connectivity index (χ1v) is 5.64. The Hall–Kier alpha value is -1.26. The van der Waals surface area contributed by atoms with Gasteiger partial charge in [0.1, 0.15) is 5.75 Å². The molecule has 17 heavy (non-hydrogen) atoms. The Kier molecular flexibility index (Phi) is 5.25. The molecule has 1 rings (SSSR count). The maximum absolute atomic E-state index is 11.3. The number of benzene rings is 1. The molecule has 0 aliphatic rings. The minimum atomic E-state index is -1.03. The third kappa shape index (κ3) is 3.61. The molecule has 1 unspecified atom stereocenters. The zero-order valence-electron chi connectivity index (χ0n) is 9.77. The Bertz CT molecular complexity index is 392. The van der Waals surface area contributed by atoms with E-state index in [2.05, 4.69) is 0 Å². The molecule has 4 nitrogen and oxygen atoms in total. The van der Waals surface area contributed by atoms with Crippen molar-refractivity contribution in [2.45, 2.75) is 19.4 Å². The summed E-state index contributed by atoms with van der Waals surface area (Å²) in [5.74, 6) is -0.0173. The molecule has 1 aromatic carbocycles. The van der Waals surface area contributed by atoms with E-state index in [1.165, 1.54) is 7.11 Å². The van der Waals surface area contributed by atoms with Crippen LogP contribution in [0.2, 0.25) is 5.02 Å². The SMILES string of the molecule is CCOC(=O)CC(O)c1c(Cl)cccc1OC. The molecule has 0 saturated carbocycles. The van der Waals surface area contributed by atoms with Crippen molar-refractivity contribution in [2.75, 3.05) is 13.7 Å². The molecular weight excluding hydrogens is 244 g/mol. The van der Waals surface area contributed by atoms with Gasteiger partial charge in [-0.3, -0.25) is 4.79 Å². The summed E-state index contributed by atoms with van der Waals surface area (Å²) >= 11 is 5.97.